The highest BCUT2D eigenvalue weighted by Gasteiger charge is 2.24. The first kappa shape index (κ1) is 17.8. The van der Waals surface area contributed by atoms with Gasteiger partial charge in [-0.05, 0) is 29.8 Å². The van der Waals surface area contributed by atoms with E-state index in [9.17, 15) is 5.11 Å². The van der Waals surface area contributed by atoms with Gasteiger partial charge in [-0.25, -0.2) is 0 Å². The molecule has 0 bridgehead atoms. The minimum absolute atomic E-state index is 0.309. The van der Waals surface area contributed by atoms with Crippen LogP contribution in [0.15, 0.2) is 34.9 Å². The fraction of sp³-hybridized carbons (Fsp3) is 0.474. The Balaban J connectivity index is 1.51. The second-order valence-corrected chi connectivity index (χ2v) is 6.36. The molecule has 0 fully saturated rings. The zero-order valence-electron chi connectivity index (χ0n) is 14.8. The number of hydrogen-bond acceptors (Lipinski definition) is 5. The van der Waals surface area contributed by atoms with Gasteiger partial charge in [0, 0.05) is 12.0 Å². The van der Waals surface area contributed by atoms with Crippen molar-refractivity contribution in [1.82, 2.24) is 0 Å². The lowest BCUT2D eigenvalue weighted by Gasteiger charge is -2.28. The van der Waals surface area contributed by atoms with Gasteiger partial charge in [0.05, 0.1) is 33.6 Å². The molecule has 2 aromatic rings. The molecule has 0 saturated carbocycles. The molecule has 25 heavy (non-hydrogen) atoms. The highest BCUT2D eigenvalue weighted by Crippen LogP contribution is 2.31. The Bertz CT molecular complexity index is 671. The van der Waals surface area contributed by atoms with Crippen LogP contribution in [0.2, 0.25) is 0 Å². The summed E-state index contributed by atoms with van der Waals surface area (Å²) in [5.74, 6) is 2.30. The fourth-order valence-corrected chi connectivity index (χ4v) is 3.29. The number of nitrogens with one attached hydrogen (secondary N) is 1. The molecule has 136 valence electrons. The lowest BCUT2D eigenvalue weighted by atomic mass is 9.98. The first-order valence-electron chi connectivity index (χ1n) is 8.55. The molecule has 2 atom stereocenters. The maximum absolute atomic E-state index is 10.2. The van der Waals surface area contributed by atoms with E-state index in [1.165, 1.54) is 16.0 Å². The molecule has 0 radical (unpaired) electrons. The van der Waals surface area contributed by atoms with Gasteiger partial charge < -0.3 is 28.6 Å². The van der Waals surface area contributed by atoms with Crippen molar-refractivity contribution in [3.05, 3.63) is 47.4 Å². The fourth-order valence-electron chi connectivity index (χ4n) is 3.29. The van der Waals surface area contributed by atoms with Crippen LogP contribution in [0.4, 0.5) is 0 Å². The van der Waals surface area contributed by atoms with Crippen molar-refractivity contribution in [1.29, 1.82) is 0 Å². The van der Waals surface area contributed by atoms with Crippen LogP contribution in [-0.4, -0.2) is 45.1 Å². The Kier molecular flexibility index (Phi) is 5.96. The van der Waals surface area contributed by atoms with E-state index < -0.39 is 6.10 Å². The van der Waals surface area contributed by atoms with Crippen LogP contribution in [0, 0.1) is 0 Å². The van der Waals surface area contributed by atoms with Crippen LogP contribution >= 0.6 is 0 Å². The van der Waals surface area contributed by atoms with E-state index >= 15 is 0 Å². The van der Waals surface area contributed by atoms with Gasteiger partial charge in [0.25, 0.3) is 0 Å². The van der Waals surface area contributed by atoms with Crippen LogP contribution in [-0.2, 0) is 24.3 Å². The highest BCUT2D eigenvalue weighted by atomic mass is 16.5. The van der Waals surface area contributed by atoms with E-state index in [4.69, 9.17) is 18.6 Å². The molecule has 2 N–H and O–H groups in total. The van der Waals surface area contributed by atoms with Crippen molar-refractivity contribution in [3.63, 3.8) is 0 Å². The van der Waals surface area contributed by atoms with Gasteiger partial charge in [0.15, 0.2) is 11.5 Å². The third-order valence-corrected chi connectivity index (χ3v) is 4.55. The zero-order chi connectivity index (χ0) is 17.6. The average Bonchev–Trinajstić information content (AvgIpc) is 3.13. The Morgan fingerprint density at radius 2 is 1.96 bits per heavy atom. The maximum Gasteiger partial charge on any atom is 0.161 e. The van der Waals surface area contributed by atoms with Crippen LogP contribution in [0.1, 0.15) is 16.9 Å². The normalized spacial score (nSPS) is 17.8. The summed E-state index contributed by atoms with van der Waals surface area (Å²) < 4.78 is 21.5. The number of hydrogen-bond donors (Lipinski definition) is 2. The summed E-state index contributed by atoms with van der Waals surface area (Å²) in [6.45, 7) is 3.21. The molecule has 1 aliphatic rings. The predicted octanol–water partition coefficient (Wildman–Crippen LogP) is 0.815. The van der Waals surface area contributed by atoms with Crippen molar-refractivity contribution < 1.29 is 28.6 Å². The molecule has 1 aliphatic heterocycles. The van der Waals surface area contributed by atoms with E-state index in [1.54, 1.807) is 20.5 Å². The number of methoxy groups -OCH3 is 2. The van der Waals surface area contributed by atoms with Crippen LogP contribution in [0.5, 0.6) is 11.5 Å². The summed E-state index contributed by atoms with van der Waals surface area (Å²) in [6.07, 6.45) is 2.09. The van der Waals surface area contributed by atoms with Crippen molar-refractivity contribution in [2.24, 2.45) is 0 Å². The largest absolute Gasteiger partial charge is 0.493 e. The Labute approximate surface area is 147 Å². The lowest BCUT2D eigenvalue weighted by Crippen LogP contribution is -3.12. The molecule has 1 aromatic heterocycles. The molecule has 1 aromatic carbocycles. The average molecular weight is 348 g/mol. The Morgan fingerprint density at radius 1 is 1.20 bits per heavy atom. The number of aliphatic hydroxyl groups is 1. The SMILES string of the molecule is COc1cc2c(cc1OC)C[NH+](C[C@H](O)COCc1ccco1)CC2. The van der Waals surface area contributed by atoms with E-state index in [0.29, 0.717) is 19.8 Å². The number of benzene rings is 1. The van der Waals surface area contributed by atoms with E-state index in [2.05, 4.69) is 6.07 Å². The van der Waals surface area contributed by atoms with E-state index in [0.717, 1.165) is 36.8 Å². The van der Waals surface area contributed by atoms with Crippen molar-refractivity contribution in [3.8, 4) is 11.5 Å². The topological polar surface area (TPSA) is 65.5 Å². The molecule has 3 rings (SSSR count). The number of rotatable bonds is 8. The number of furan rings is 1. The van der Waals surface area contributed by atoms with E-state index in [1.807, 2.05) is 18.2 Å². The molecule has 0 amide bonds. The number of aliphatic hydroxyl groups excluding tert-OH is 1. The zero-order valence-corrected chi connectivity index (χ0v) is 14.8. The molecule has 6 heteroatoms. The van der Waals surface area contributed by atoms with Gasteiger partial charge in [-0.3, -0.25) is 0 Å². The van der Waals surface area contributed by atoms with E-state index in [-0.39, 0.29) is 0 Å². The summed E-state index contributed by atoms with van der Waals surface area (Å²) >= 11 is 0. The molecule has 0 aliphatic carbocycles. The second kappa shape index (κ2) is 8.38. The predicted molar refractivity (Wildman–Crippen MR) is 92.0 cm³/mol. The summed E-state index contributed by atoms with van der Waals surface area (Å²) in [4.78, 5) is 1.34. The van der Waals surface area contributed by atoms with Crippen molar-refractivity contribution >= 4 is 0 Å². The second-order valence-electron chi connectivity index (χ2n) is 6.36. The molecular weight excluding hydrogens is 322 g/mol. The minimum Gasteiger partial charge on any atom is -0.493 e. The van der Waals surface area contributed by atoms with Gasteiger partial charge >= 0.3 is 0 Å². The summed E-state index contributed by atoms with van der Waals surface area (Å²) in [7, 11) is 3.31. The summed E-state index contributed by atoms with van der Waals surface area (Å²) in [5, 5.41) is 10.2. The summed E-state index contributed by atoms with van der Waals surface area (Å²) in [6, 6.07) is 7.80. The van der Waals surface area contributed by atoms with Crippen molar-refractivity contribution in [2.75, 3.05) is 33.9 Å². The minimum atomic E-state index is -0.494. The molecule has 2 heterocycles. The monoisotopic (exact) mass is 348 g/mol. The Morgan fingerprint density at radius 3 is 2.64 bits per heavy atom. The standard InChI is InChI=1S/C19H25NO5/c1-22-18-8-14-5-6-20(10-15(14)9-19(18)23-2)11-16(21)12-24-13-17-4-3-7-25-17/h3-4,7-9,16,21H,5-6,10-13H2,1-2H3/p+1/t16-/m0/s1. The van der Waals surface area contributed by atoms with Gasteiger partial charge in [0.2, 0.25) is 0 Å². The van der Waals surface area contributed by atoms with Gasteiger partial charge in [0.1, 0.15) is 31.6 Å². The Hall–Kier alpha value is -2.02. The van der Waals surface area contributed by atoms with Crippen LogP contribution in [0.3, 0.4) is 0 Å². The first-order valence-corrected chi connectivity index (χ1v) is 8.55. The molecule has 0 spiro atoms. The highest BCUT2D eigenvalue weighted by molar-refractivity contribution is 5.47. The molecule has 6 nitrogen and oxygen atoms in total. The van der Waals surface area contributed by atoms with Gasteiger partial charge in [-0.2, -0.15) is 0 Å². The number of ether oxygens (including phenoxy) is 3. The summed E-state index contributed by atoms with van der Waals surface area (Å²) in [5.41, 5.74) is 2.55. The molecular formula is C19H26NO5+. The van der Waals surface area contributed by atoms with Gasteiger partial charge in [-0.1, -0.05) is 0 Å². The van der Waals surface area contributed by atoms with Crippen LogP contribution < -0.4 is 14.4 Å². The smallest absolute Gasteiger partial charge is 0.161 e. The number of quaternary nitrogens is 1. The molecule has 0 saturated heterocycles. The maximum atomic E-state index is 10.2. The number of fused-ring (bicyclic) bond motifs is 1. The lowest BCUT2D eigenvalue weighted by molar-refractivity contribution is -0.919. The quantitative estimate of drug-likeness (QED) is 0.739. The molecule has 1 unspecified atom stereocenters. The van der Waals surface area contributed by atoms with Gasteiger partial charge in [-0.15, -0.1) is 0 Å². The third-order valence-electron chi connectivity index (χ3n) is 4.55. The first-order chi connectivity index (χ1) is 12.2. The third kappa shape index (κ3) is 4.54. The van der Waals surface area contributed by atoms with Crippen molar-refractivity contribution in [2.45, 2.75) is 25.7 Å². The van der Waals surface area contributed by atoms with Crippen LogP contribution in [0.25, 0.3) is 0 Å².